The first-order chi connectivity index (χ1) is 9.95. The largest absolute Gasteiger partial charge is 0.383 e. The Balaban J connectivity index is 0.00000176. The SMILES string of the molecule is Br.Nc1ncc(-c2ccc(S(=O)(=O)NC3CC3)cc2)cc1Br. The van der Waals surface area contributed by atoms with E-state index in [-0.39, 0.29) is 27.9 Å². The standard InChI is InChI=1S/C14H14BrN3O2S.BrH/c15-13-7-10(8-17-14(13)16)9-1-5-12(6-2-9)21(19,20)18-11-3-4-11;/h1-2,5-8,11,18H,3-4H2,(H2,16,17);1H. The van der Waals surface area contributed by atoms with Gasteiger partial charge in [0.25, 0.3) is 0 Å². The number of nitrogens with one attached hydrogen (secondary N) is 1. The topological polar surface area (TPSA) is 85.1 Å². The van der Waals surface area contributed by atoms with Crippen LogP contribution in [-0.2, 0) is 10.0 Å². The number of halogens is 2. The van der Waals surface area contributed by atoms with Crippen LogP contribution < -0.4 is 10.5 Å². The number of hydrogen-bond acceptors (Lipinski definition) is 4. The lowest BCUT2D eigenvalue weighted by Crippen LogP contribution is -2.25. The maximum absolute atomic E-state index is 12.1. The smallest absolute Gasteiger partial charge is 0.240 e. The molecule has 118 valence electrons. The molecular formula is C14H15Br2N3O2S. The highest BCUT2D eigenvalue weighted by molar-refractivity contribution is 9.10. The van der Waals surface area contributed by atoms with Gasteiger partial charge in [-0.2, -0.15) is 0 Å². The van der Waals surface area contributed by atoms with Crippen molar-refractivity contribution in [3.05, 3.63) is 41.0 Å². The molecule has 2 aromatic rings. The zero-order chi connectivity index (χ0) is 15.0. The number of benzene rings is 1. The van der Waals surface area contributed by atoms with E-state index in [2.05, 4.69) is 25.6 Å². The number of nitrogen functional groups attached to an aromatic ring is 1. The van der Waals surface area contributed by atoms with E-state index < -0.39 is 10.0 Å². The summed E-state index contributed by atoms with van der Waals surface area (Å²) in [5.74, 6) is 0.423. The van der Waals surface area contributed by atoms with Crippen LogP contribution in [0.1, 0.15) is 12.8 Å². The van der Waals surface area contributed by atoms with Crippen LogP contribution in [0.15, 0.2) is 45.9 Å². The van der Waals surface area contributed by atoms with Crippen LogP contribution in [0.5, 0.6) is 0 Å². The van der Waals surface area contributed by atoms with E-state index in [9.17, 15) is 8.42 Å². The van der Waals surface area contributed by atoms with E-state index in [1.165, 1.54) is 0 Å². The fourth-order valence-corrected chi connectivity index (χ4v) is 3.58. The van der Waals surface area contributed by atoms with Crippen molar-refractivity contribution in [2.45, 2.75) is 23.8 Å². The fraction of sp³-hybridized carbons (Fsp3) is 0.214. The molecule has 1 aromatic carbocycles. The first kappa shape index (κ1) is 17.4. The quantitative estimate of drug-likeness (QED) is 0.752. The fourth-order valence-electron chi connectivity index (χ4n) is 1.92. The van der Waals surface area contributed by atoms with E-state index in [1.807, 2.05) is 6.07 Å². The molecule has 5 nitrogen and oxygen atoms in total. The highest BCUT2D eigenvalue weighted by Gasteiger charge is 2.27. The van der Waals surface area contributed by atoms with Crippen LogP contribution >= 0.6 is 32.9 Å². The number of aromatic nitrogens is 1. The molecule has 1 aliphatic rings. The van der Waals surface area contributed by atoms with Crippen molar-refractivity contribution in [1.82, 2.24) is 9.71 Å². The predicted octanol–water partition coefficient (Wildman–Crippen LogP) is 3.11. The summed E-state index contributed by atoms with van der Waals surface area (Å²) in [6, 6.07) is 8.69. The van der Waals surface area contributed by atoms with Crippen LogP contribution in [0.25, 0.3) is 11.1 Å². The Labute approximate surface area is 148 Å². The summed E-state index contributed by atoms with van der Waals surface area (Å²) < 4.78 is 27.5. The van der Waals surface area contributed by atoms with Gasteiger partial charge >= 0.3 is 0 Å². The van der Waals surface area contributed by atoms with Crippen molar-refractivity contribution >= 4 is 48.8 Å². The highest BCUT2D eigenvalue weighted by Crippen LogP contribution is 2.27. The molecule has 3 rings (SSSR count). The number of nitrogens with two attached hydrogens (primary N) is 1. The molecule has 1 aromatic heterocycles. The Bertz CT molecular complexity index is 775. The van der Waals surface area contributed by atoms with Crippen LogP contribution in [0.3, 0.4) is 0 Å². The van der Waals surface area contributed by atoms with E-state index in [1.54, 1.807) is 30.5 Å². The van der Waals surface area contributed by atoms with Gasteiger partial charge < -0.3 is 5.73 Å². The van der Waals surface area contributed by atoms with Crippen molar-refractivity contribution in [2.24, 2.45) is 0 Å². The van der Waals surface area contributed by atoms with Crippen LogP contribution in [0, 0.1) is 0 Å². The first-order valence-corrected chi connectivity index (χ1v) is 8.77. The molecule has 0 amide bonds. The summed E-state index contributed by atoms with van der Waals surface area (Å²) in [5, 5.41) is 0. The van der Waals surface area contributed by atoms with Crippen molar-refractivity contribution in [3.8, 4) is 11.1 Å². The molecule has 3 N–H and O–H groups in total. The second kappa shape index (κ2) is 6.66. The second-order valence-electron chi connectivity index (χ2n) is 5.01. The van der Waals surface area contributed by atoms with Crippen LogP contribution in [0.4, 0.5) is 5.82 Å². The number of sulfonamides is 1. The summed E-state index contributed by atoms with van der Waals surface area (Å²) in [6.07, 6.45) is 3.50. The second-order valence-corrected chi connectivity index (χ2v) is 7.58. The maximum Gasteiger partial charge on any atom is 0.240 e. The van der Waals surface area contributed by atoms with Gasteiger partial charge in [-0.05, 0) is 52.5 Å². The third kappa shape index (κ3) is 3.87. The molecule has 0 bridgehead atoms. The van der Waals surface area contributed by atoms with Gasteiger partial charge in [-0.3, -0.25) is 0 Å². The van der Waals surface area contributed by atoms with Crippen molar-refractivity contribution in [2.75, 3.05) is 5.73 Å². The molecule has 0 radical (unpaired) electrons. The van der Waals surface area contributed by atoms with Gasteiger partial charge in [-0.25, -0.2) is 18.1 Å². The van der Waals surface area contributed by atoms with E-state index >= 15 is 0 Å². The Morgan fingerprint density at radius 2 is 1.82 bits per heavy atom. The summed E-state index contributed by atoms with van der Waals surface area (Å²) in [4.78, 5) is 4.35. The zero-order valence-electron chi connectivity index (χ0n) is 11.5. The van der Waals surface area contributed by atoms with Gasteiger partial charge in [0.1, 0.15) is 5.82 Å². The van der Waals surface area contributed by atoms with Crippen molar-refractivity contribution in [3.63, 3.8) is 0 Å². The molecule has 1 saturated carbocycles. The Morgan fingerprint density at radius 1 is 1.18 bits per heavy atom. The molecule has 22 heavy (non-hydrogen) atoms. The Morgan fingerprint density at radius 3 is 2.36 bits per heavy atom. The average molecular weight is 449 g/mol. The molecule has 1 heterocycles. The van der Waals surface area contributed by atoms with Crippen LogP contribution in [0.2, 0.25) is 0 Å². The molecule has 1 fully saturated rings. The minimum absolute atomic E-state index is 0. The van der Waals surface area contributed by atoms with Gasteiger partial charge in [-0.15, -0.1) is 17.0 Å². The Kier molecular flexibility index (Phi) is 5.26. The van der Waals surface area contributed by atoms with Crippen LogP contribution in [-0.4, -0.2) is 19.4 Å². The average Bonchev–Trinajstić information content (AvgIpc) is 3.25. The Hall–Kier alpha value is -0.960. The molecule has 0 unspecified atom stereocenters. The molecule has 0 spiro atoms. The van der Waals surface area contributed by atoms with Crippen molar-refractivity contribution < 1.29 is 8.42 Å². The molecule has 0 aliphatic heterocycles. The van der Waals surface area contributed by atoms with Gasteiger partial charge in [0.2, 0.25) is 10.0 Å². The third-order valence-corrected chi connectivity index (χ3v) is 5.44. The third-order valence-electron chi connectivity index (χ3n) is 3.27. The lowest BCUT2D eigenvalue weighted by molar-refractivity contribution is 0.581. The highest BCUT2D eigenvalue weighted by atomic mass is 79.9. The number of rotatable bonds is 4. The minimum Gasteiger partial charge on any atom is -0.383 e. The van der Waals surface area contributed by atoms with Gasteiger partial charge in [-0.1, -0.05) is 12.1 Å². The molecule has 8 heteroatoms. The number of anilines is 1. The lowest BCUT2D eigenvalue weighted by Gasteiger charge is -2.07. The zero-order valence-corrected chi connectivity index (χ0v) is 15.6. The predicted molar refractivity (Wildman–Crippen MR) is 95.5 cm³/mol. The number of nitrogens with zero attached hydrogens (tertiary/aromatic N) is 1. The van der Waals surface area contributed by atoms with E-state index in [0.29, 0.717) is 10.3 Å². The summed E-state index contributed by atoms with van der Waals surface area (Å²) in [7, 11) is -3.41. The molecule has 0 atom stereocenters. The summed E-state index contributed by atoms with van der Waals surface area (Å²) in [5.41, 5.74) is 7.41. The minimum atomic E-state index is -3.41. The van der Waals surface area contributed by atoms with Gasteiger partial charge in [0.05, 0.1) is 9.37 Å². The number of hydrogen-bond donors (Lipinski definition) is 2. The van der Waals surface area contributed by atoms with Gasteiger partial charge in [0.15, 0.2) is 0 Å². The van der Waals surface area contributed by atoms with E-state index in [4.69, 9.17) is 5.73 Å². The first-order valence-electron chi connectivity index (χ1n) is 6.49. The van der Waals surface area contributed by atoms with Gasteiger partial charge in [0, 0.05) is 17.8 Å². The molecule has 1 aliphatic carbocycles. The number of pyridine rings is 1. The molecular weight excluding hydrogens is 434 g/mol. The normalized spacial score (nSPS) is 14.4. The molecule has 0 saturated heterocycles. The van der Waals surface area contributed by atoms with E-state index in [0.717, 1.165) is 24.0 Å². The monoisotopic (exact) mass is 447 g/mol. The maximum atomic E-state index is 12.1. The lowest BCUT2D eigenvalue weighted by atomic mass is 10.1. The summed E-state index contributed by atoms with van der Waals surface area (Å²) in [6.45, 7) is 0. The van der Waals surface area contributed by atoms with Crippen molar-refractivity contribution in [1.29, 1.82) is 0 Å². The summed E-state index contributed by atoms with van der Waals surface area (Å²) >= 11 is 3.33.